The molecule has 0 fully saturated rings. The minimum absolute atomic E-state index is 0.0358. The highest BCUT2D eigenvalue weighted by Crippen LogP contribution is 2.44. The van der Waals surface area contributed by atoms with E-state index in [0.29, 0.717) is 34.4 Å². The van der Waals surface area contributed by atoms with Gasteiger partial charge in [0, 0.05) is 32.3 Å². The topological polar surface area (TPSA) is 238 Å². The molecule has 0 aliphatic heterocycles. The molecule has 0 aliphatic rings. The van der Waals surface area contributed by atoms with Crippen molar-refractivity contribution in [3.63, 3.8) is 0 Å². The number of nitrogens with two attached hydrogens (primary N) is 1. The number of benzene rings is 5. The van der Waals surface area contributed by atoms with Gasteiger partial charge >= 0.3 is 6.09 Å². The van der Waals surface area contributed by atoms with Crippen LogP contribution in [0.15, 0.2) is 113 Å². The van der Waals surface area contributed by atoms with Crippen LogP contribution in [0.25, 0.3) is 22.5 Å². The number of carbonyl (C=O) groups excluding carboxylic acids is 1. The van der Waals surface area contributed by atoms with E-state index in [2.05, 4.69) is 15.6 Å². The van der Waals surface area contributed by atoms with Gasteiger partial charge in [0.25, 0.3) is 0 Å². The summed E-state index contributed by atoms with van der Waals surface area (Å²) >= 11 is 0. The van der Waals surface area contributed by atoms with Gasteiger partial charge in [-0.3, -0.25) is 9.69 Å². The number of aromatic nitrogens is 4. The molecule has 18 nitrogen and oxygen atoms in total. The van der Waals surface area contributed by atoms with Gasteiger partial charge in [0.05, 0.1) is 55.5 Å². The third-order valence-corrected chi connectivity index (χ3v) is 17.3. The minimum atomic E-state index is -4.94. The summed E-state index contributed by atoms with van der Waals surface area (Å²) in [6, 6.07) is 28.6. The van der Waals surface area contributed by atoms with Crippen LogP contribution in [0.4, 0.5) is 16.2 Å². The molecule has 1 heterocycles. The Hall–Kier alpha value is -6.81. The summed E-state index contributed by atoms with van der Waals surface area (Å²) in [5.74, 6) is 0.462. The molecule has 1 aromatic heterocycles. The third-order valence-electron chi connectivity index (χ3n) is 11.4. The Kier molecular flexibility index (Phi) is 16.1. The molecular formula is C49H60N8O10S2Si. The molecule has 0 bridgehead atoms. The fourth-order valence-electron chi connectivity index (χ4n) is 7.42. The summed E-state index contributed by atoms with van der Waals surface area (Å²) in [4.78, 5) is 26.8. The number of nitrogens with zero attached hydrogens (tertiary/aromatic N) is 6. The summed E-state index contributed by atoms with van der Waals surface area (Å²) < 4.78 is 79.4. The lowest BCUT2D eigenvalue weighted by atomic mass is 9.97. The van der Waals surface area contributed by atoms with Crippen molar-refractivity contribution in [2.45, 2.75) is 81.4 Å². The number of nitrogens with one attached hydrogen (secondary N) is 1. The fraction of sp³-hybridized carbons (Fsp3) is 0.327. The highest BCUT2D eigenvalue weighted by molar-refractivity contribution is 7.93. The van der Waals surface area contributed by atoms with Gasteiger partial charge < -0.3 is 30.4 Å². The Morgan fingerprint density at radius 3 is 1.77 bits per heavy atom. The number of nitrogen functional groups attached to an aromatic ring is 1. The number of anilines is 2. The maximum atomic E-state index is 16.1. The minimum Gasteiger partial charge on any atom is -0.497 e. The molecule has 6 rings (SSSR count). The van der Waals surface area contributed by atoms with Crippen molar-refractivity contribution in [1.29, 1.82) is 0 Å². The molecule has 372 valence electrons. The number of methoxy groups -OCH3 is 3. The molecule has 0 unspecified atom stereocenters. The van der Waals surface area contributed by atoms with Crippen LogP contribution in [0.1, 0.15) is 37.5 Å². The summed E-state index contributed by atoms with van der Waals surface area (Å²) in [5, 5.41) is 26.1. The first-order valence-electron chi connectivity index (χ1n) is 22.2. The average Bonchev–Trinajstić information content (AvgIpc) is 3.78. The Labute approximate surface area is 410 Å². The third kappa shape index (κ3) is 12.7. The van der Waals surface area contributed by atoms with Crippen LogP contribution in [0, 0.1) is 0 Å². The van der Waals surface area contributed by atoms with E-state index in [4.69, 9.17) is 25.0 Å². The maximum absolute atomic E-state index is 16.1. The van der Waals surface area contributed by atoms with Gasteiger partial charge in [-0.2, -0.15) is 9.10 Å². The summed E-state index contributed by atoms with van der Waals surface area (Å²) in [7, 11) is -6.77. The molecule has 6 aromatic rings. The summed E-state index contributed by atoms with van der Waals surface area (Å²) in [6.45, 7) is 10.2. The van der Waals surface area contributed by atoms with E-state index in [9.17, 15) is 23.1 Å². The van der Waals surface area contributed by atoms with Gasteiger partial charge in [0.15, 0.2) is 9.84 Å². The van der Waals surface area contributed by atoms with Crippen molar-refractivity contribution in [1.82, 2.24) is 29.4 Å². The number of hydrogen-bond donors (Lipinski definition) is 3. The number of carboxylic acid groups (broad SMARTS) is 1. The van der Waals surface area contributed by atoms with Crippen LogP contribution >= 0.6 is 0 Å². The lowest BCUT2D eigenvalue weighted by Crippen LogP contribution is -2.48. The van der Waals surface area contributed by atoms with Crippen LogP contribution in [0.2, 0.25) is 25.7 Å². The van der Waals surface area contributed by atoms with Crippen molar-refractivity contribution in [3.8, 4) is 39.8 Å². The number of carbonyl (C=O) groups is 2. The van der Waals surface area contributed by atoms with E-state index >= 15 is 8.42 Å². The van der Waals surface area contributed by atoms with Crippen LogP contribution < -0.4 is 25.3 Å². The quantitative estimate of drug-likeness (QED) is 0.0487. The molecule has 2 amide bonds. The second kappa shape index (κ2) is 21.4. The zero-order valence-electron chi connectivity index (χ0n) is 40.8. The van der Waals surface area contributed by atoms with E-state index in [1.807, 2.05) is 31.8 Å². The standard InChI is InChI=1S/C49H60N8O10S2Si/c1-49(2,3)56(48(59)60)32-43(58)51-41-12-10-11-40(45(41)50)39-25-26-42(68(61,62)27-28-70(7,8)9)46(44(39)47-52-54-57(53-47)31-35-17-23-38(67-6)24-18-35)69(63,64)55(29-33-13-19-36(65-4)20-14-33)30-34-15-21-37(66-5)22-16-34/h10-26H,27-32,50H2,1-9H3,(H,51,58)(H,59,60). The number of para-hydroxylation sites is 1. The number of tetrazole rings is 1. The molecule has 0 spiro atoms. The summed E-state index contributed by atoms with van der Waals surface area (Å²) in [6.07, 6.45) is -1.30. The zero-order valence-corrected chi connectivity index (χ0v) is 43.4. The van der Waals surface area contributed by atoms with Gasteiger partial charge in [0.2, 0.25) is 21.8 Å². The van der Waals surface area contributed by atoms with Gasteiger partial charge in [-0.05, 0) is 103 Å². The molecule has 0 radical (unpaired) electrons. The molecule has 70 heavy (non-hydrogen) atoms. The number of amides is 2. The monoisotopic (exact) mass is 1010 g/mol. The second-order valence-electron chi connectivity index (χ2n) is 18.8. The Bertz CT molecular complexity index is 3000. The van der Waals surface area contributed by atoms with E-state index in [0.717, 1.165) is 10.5 Å². The summed E-state index contributed by atoms with van der Waals surface area (Å²) in [5.41, 5.74) is 8.01. The Balaban J connectivity index is 1.64. The predicted octanol–water partition coefficient (Wildman–Crippen LogP) is 7.88. The molecule has 5 aromatic carbocycles. The SMILES string of the molecule is COc1ccc(CN(Cc2ccc(OC)cc2)S(=O)(=O)c2c(S(=O)(=O)CC[Si](C)(C)C)ccc(-c3cccc(NC(=O)CN(C(=O)O)C(C)(C)C)c3N)c2-c2nnn(Cc3ccc(OC)cc3)n2)cc1. The normalized spacial score (nSPS) is 12.1. The van der Waals surface area contributed by atoms with Crippen molar-refractivity contribution in [3.05, 3.63) is 120 Å². The van der Waals surface area contributed by atoms with Crippen LogP contribution in [-0.4, -0.2) is 111 Å². The van der Waals surface area contributed by atoms with E-state index in [1.54, 1.807) is 101 Å². The van der Waals surface area contributed by atoms with E-state index < -0.39 is 61.8 Å². The molecular weight excluding hydrogens is 953 g/mol. The van der Waals surface area contributed by atoms with Gasteiger partial charge in [-0.15, -0.1) is 10.2 Å². The molecule has 0 atom stereocenters. The van der Waals surface area contributed by atoms with E-state index in [1.165, 1.54) is 41.5 Å². The second-order valence-corrected chi connectivity index (χ2v) is 28.3. The number of sulfonamides is 1. The zero-order chi connectivity index (χ0) is 51.2. The molecule has 0 aliphatic carbocycles. The smallest absolute Gasteiger partial charge is 0.408 e. The van der Waals surface area contributed by atoms with Gasteiger partial charge in [-0.1, -0.05) is 74.2 Å². The number of ether oxygens (including phenoxy) is 3. The highest BCUT2D eigenvalue weighted by Gasteiger charge is 2.39. The first kappa shape index (κ1) is 52.6. The van der Waals surface area contributed by atoms with Crippen LogP contribution in [0.3, 0.4) is 0 Å². The van der Waals surface area contributed by atoms with Crippen molar-refractivity contribution in [2.75, 3.05) is 44.7 Å². The van der Waals surface area contributed by atoms with Crippen molar-refractivity contribution >= 4 is 51.3 Å². The molecule has 0 saturated heterocycles. The van der Waals surface area contributed by atoms with Crippen LogP contribution in [-0.2, 0) is 44.3 Å². The van der Waals surface area contributed by atoms with Crippen molar-refractivity contribution in [2.24, 2.45) is 0 Å². The Morgan fingerprint density at radius 1 is 0.757 bits per heavy atom. The van der Waals surface area contributed by atoms with Gasteiger partial charge in [0.1, 0.15) is 28.7 Å². The van der Waals surface area contributed by atoms with Crippen molar-refractivity contribution < 1.29 is 45.7 Å². The lowest BCUT2D eigenvalue weighted by Gasteiger charge is -2.32. The number of sulfone groups is 1. The number of rotatable bonds is 20. The molecule has 0 saturated carbocycles. The Morgan fingerprint density at radius 2 is 1.29 bits per heavy atom. The first-order valence-corrected chi connectivity index (χ1v) is 29.0. The maximum Gasteiger partial charge on any atom is 0.408 e. The van der Waals surface area contributed by atoms with E-state index in [-0.39, 0.29) is 59.3 Å². The largest absolute Gasteiger partial charge is 0.497 e. The van der Waals surface area contributed by atoms with Gasteiger partial charge in [-0.25, -0.2) is 21.6 Å². The number of hydrogen-bond acceptors (Lipinski definition) is 13. The fourth-order valence-corrected chi connectivity index (χ4v) is 14.2. The average molecular weight is 1010 g/mol. The van der Waals surface area contributed by atoms with Crippen LogP contribution in [0.5, 0.6) is 17.2 Å². The lowest BCUT2D eigenvalue weighted by molar-refractivity contribution is -0.118. The molecule has 4 N–H and O–H groups in total. The predicted molar refractivity (Wildman–Crippen MR) is 271 cm³/mol. The first-order chi connectivity index (χ1) is 32.9. The molecule has 21 heteroatoms. The highest BCUT2D eigenvalue weighted by atomic mass is 32.2.